The van der Waals surface area contributed by atoms with Crippen molar-refractivity contribution in [2.45, 2.75) is 45.1 Å². The van der Waals surface area contributed by atoms with E-state index in [1.54, 1.807) is 4.90 Å². The number of cyclic esters (lactones) is 1. The Morgan fingerprint density at radius 3 is 3.00 bits per heavy atom. The first kappa shape index (κ1) is 14.9. The van der Waals surface area contributed by atoms with Crippen LogP contribution in [0.25, 0.3) is 0 Å². The molecule has 5 nitrogen and oxygen atoms in total. The van der Waals surface area contributed by atoms with E-state index in [2.05, 4.69) is 17.4 Å². The van der Waals surface area contributed by atoms with Gasteiger partial charge in [-0.2, -0.15) is 0 Å². The average molecular weight is 302 g/mol. The minimum atomic E-state index is -0.326. The summed E-state index contributed by atoms with van der Waals surface area (Å²) in [6.07, 6.45) is 4.13. The lowest BCUT2D eigenvalue weighted by Crippen LogP contribution is -2.34. The van der Waals surface area contributed by atoms with Gasteiger partial charge in [-0.25, -0.2) is 4.79 Å². The van der Waals surface area contributed by atoms with Crippen LogP contribution in [0.4, 0.5) is 10.5 Å². The average Bonchev–Trinajstić information content (AvgIpc) is 3.11. The quantitative estimate of drug-likeness (QED) is 0.908. The lowest BCUT2D eigenvalue weighted by Gasteiger charge is -2.14. The maximum Gasteiger partial charge on any atom is 0.414 e. The standard InChI is InChI=1S/C17H22N2O3/c1-2-4-16(20)18-10-15-11-19(17(21)22-15)14-8-7-12-5-3-6-13(12)9-14/h7-9,15H,2-6,10-11H2,1H3,(H,18,20)/t15-/m1/s1. The fourth-order valence-corrected chi connectivity index (χ4v) is 3.11. The van der Waals surface area contributed by atoms with Gasteiger partial charge in [-0.3, -0.25) is 9.69 Å². The molecule has 1 saturated heterocycles. The first-order valence-corrected chi connectivity index (χ1v) is 8.04. The van der Waals surface area contributed by atoms with Crippen LogP contribution in [0.2, 0.25) is 0 Å². The maximum atomic E-state index is 12.0. The molecular weight excluding hydrogens is 280 g/mol. The van der Waals surface area contributed by atoms with E-state index in [1.807, 2.05) is 13.0 Å². The number of rotatable bonds is 5. The van der Waals surface area contributed by atoms with Crippen molar-refractivity contribution in [1.29, 1.82) is 0 Å². The van der Waals surface area contributed by atoms with Crippen molar-refractivity contribution in [3.05, 3.63) is 29.3 Å². The van der Waals surface area contributed by atoms with Gasteiger partial charge >= 0.3 is 6.09 Å². The highest BCUT2D eigenvalue weighted by atomic mass is 16.6. The molecule has 0 saturated carbocycles. The van der Waals surface area contributed by atoms with Gasteiger partial charge in [0.25, 0.3) is 0 Å². The highest BCUT2D eigenvalue weighted by Crippen LogP contribution is 2.29. The molecule has 1 fully saturated rings. The van der Waals surface area contributed by atoms with Crippen LogP contribution >= 0.6 is 0 Å². The zero-order chi connectivity index (χ0) is 15.5. The minimum Gasteiger partial charge on any atom is -0.442 e. The smallest absolute Gasteiger partial charge is 0.414 e. The van der Waals surface area contributed by atoms with Gasteiger partial charge in [-0.05, 0) is 48.9 Å². The number of carbonyl (C=O) groups is 2. The number of hydrogen-bond donors (Lipinski definition) is 1. The van der Waals surface area contributed by atoms with Gasteiger partial charge < -0.3 is 10.1 Å². The highest BCUT2D eigenvalue weighted by molar-refractivity contribution is 5.90. The number of anilines is 1. The summed E-state index contributed by atoms with van der Waals surface area (Å²) in [7, 11) is 0. The molecule has 1 N–H and O–H groups in total. The first-order valence-electron chi connectivity index (χ1n) is 8.04. The molecule has 1 heterocycles. The summed E-state index contributed by atoms with van der Waals surface area (Å²) < 4.78 is 5.35. The summed E-state index contributed by atoms with van der Waals surface area (Å²) >= 11 is 0. The van der Waals surface area contributed by atoms with Crippen LogP contribution in [-0.2, 0) is 22.4 Å². The predicted octanol–water partition coefficient (Wildman–Crippen LogP) is 2.42. The number of amides is 2. The monoisotopic (exact) mass is 302 g/mol. The van der Waals surface area contributed by atoms with Gasteiger partial charge in [0.2, 0.25) is 5.91 Å². The molecule has 2 aliphatic rings. The molecule has 22 heavy (non-hydrogen) atoms. The summed E-state index contributed by atoms with van der Waals surface area (Å²) in [6.45, 7) is 2.83. The summed E-state index contributed by atoms with van der Waals surface area (Å²) in [5, 5.41) is 2.82. The molecule has 2 amide bonds. The highest BCUT2D eigenvalue weighted by Gasteiger charge is 2.32. The molecule has 0 spiro atoms. The van der Waals surface area contributed by atoms with Gasteiger partial charge in [0, 0.05) is 12.1 Å². The lowest BCUT2D eigenvalue weighted by atomic mass is 10.1. The molecule has 0 bridgehead atoms. The van der Waals surface area contributed by atoms with Crippen LogP contribution < -0.4 is 10.2 Å². The second-order valence-electron chi connectivity index (χ2n) is 5.98. The van der Waals surface area contributed by atoms with Crippen molar-refractivity contribution >= 4 is 17.7 Å². The molecule has 1 aromatic carbocycles. The number of fused-ring (bicyclic) bond motifs is 1. The summed E-state index contributed by atoms with van der Waals surface area (Å²) in [6, 6.07) is 6.20. The van der Waals surface area contributed by atoms with E-state index < -0.39 is 0 Å². The summed E-state index contributed by atoms with van der Waals surface area (Å²) in [5.74, 6) is 0.00882. The van der Waals surface area contributed by atoms with Crippen molar-refractivity contribution in [2.24, 2.45) is 0 Å². The van der Waals surface area contributed by atoms with Crippen molar-refractivity contribution in [3.63, 3.8) is 0 Å². The Balaban J connectivity index is 1.61. The van der Waals surface area contributed by atoms with Crippen LogP contribution in [0, 0.1) is 0 Å². The van der Waals surface area contributed by atoms with E-state index in [4.69, 9.17) is 4.74 Å². The molecular formula is C17H22N2O3. The van der Waals surface area contributed by atoms with E-state index in [-0.39, 0.29) is 18.1 Å². The number of aryl methyl sites for hydroxylation is 2. The Morgan fingerprint density at radius 1 is 1.36 bits per heavy atom. The summed E-state index contributed by atoms with van der Waals surface area (Å²) in [4.78, 5) is 25.2. The van der Waals surface area contributed by atoms with Crippen LogP contribution in [0.1, 0.15) is 37.3 Å². The van der Waals surface area contributed by atoms with Crippen molar-refractivity contribution in [3.8, 4) is 0 Å². The van der Waals surface area contributed by atoms with Gasteiger partial charge in [0.05, 0.1) is 13.1 Å². The Bertz CT molecular complexity index is 585. The van der Waals surface area contributed by atoms with Crippen molar-refractivity contribution < 1.29 is 14.3 Å². The first-order chi connectivity index (χ1) is 10.7. The molecule has 1 aliphatic heterocycles. The zero-order valence-electron chi connectivity index (χ0n) is 12.9. The molecule has 1 aliphatic carbocycles. The van der Waals surface area contributed by atoms with Gasteiger partial charge in [0.15, 0.2) is 0 Å². The van der Waals surface area contributed by atoms with E-state index >= 15 is 0 Å². The maximum absolute atomic E-state index is 12.0. The van der Waals surface area contributed by atoms with Gasteiger partial charge in [-0.15, -0.1) is 0 Å². The van der Waals surface area contributed by atoms with Crippen molar-refractivity contribution in [2.75, 3.05) is 18.0 Å². The SMILES string of the molecule is CCCC(=O)NC[C@@H]1CN(c2ccc3c(c2)CCC3)C(=O)O1. The summed E-state index contributed by atoms with van der Waals surface area (Å²) in [5.41, 5.74) is 3.62. The Kier molecular flexibility index (Phi) is 4.32. The largest absolute Gasteiger partial charge is 0.442 e. The molecule has 118 valence electrons. The fraction of sp³-hybridized carbons (Fsp3) is 0.529. The third-order valence-electron chi connectivity index (χ3n) is 4.27. The van der Waals surface area contributed by atoms with Crippen LogP contribution in [-0.4, -0.2) is 31.2 Å². The number of carbonyl (C=O) groups excluding carboxylic acids is 2. The Hall–Kier alpha value is -2.04. The van der Waals surface area contributed by atoms with E-state index in [0.717, 1.165) is 24.9 Å². The van der Waals surface area contributed by atoms with Crippen molar-refractivity contribution in [1.82, 2.24) is 5.32 Å². The molecule has 1 atom stereocenters. The molecule has 3 rings (SSSR count). The van der Waals surface area contributed by atoms with E-state index in [0.29, 0.717) is 19.5 Å². The van der Waals surface area contributed by atoms with Gasteiger partial charge in [0.1, 0.15) is 6.10 Å². The third kappa shape index (κ3) is 3.08. The Morgan fingerprint density at radius 2 is 2.18 bits per heavy atom. The molecule has 0 unspecified atom stereocenters. The number of benzene rings is 1. The molecule has 0 aromatic heterocycles. The minimum absolute atomic E-state index is 0.00882. The van der Waals surface area contributed by atoms with Crippen LogP contribution in [0.3, 0.4) is 0 Å². The topological polar surface area (TPSA) is 58.6 Å². The Labute approximate surface area is 130 Å². The van der Waals surface area contributed by atoms with Crippen LogP contribution in [0.15, 0.2) is 18.2 Å². The lowest BCUT2D eigenvalue weighted by molar-refractivity contribution is -0.121. The second kappa shape index (κ2) is 6.38. The fourth-order valence-electron chi connectivity index (χ4n) is 3.11. The third-order valence-corrected chi connectivity index (χ3v) is 4.27. The number of nitrogens with one attached hydrogen (secondary N) is 1. The molecule has 1 aromatic rings. The normalized spacial score (nSPS) is 20.0. The van der Waals surface area contributed by atoms with E-state index in [9.17, 15) is 9.59 Å². The second-order valence-corrected chi connectivity index (χ2v) is 5.98. The number of nitrogens with zero attached hydrogens (tertiary/aromatic N) is 1. The molecule has 5 heteroatoms. The molecule has 0 radical (unpaired) electrons. The number of hydrogen-bond acceptors (Lipinski definition) is 3. The van der Waals surface area contributed by atoms with Gasteiger partial charge in [-0.1, -0.05) is 13.0 Å². The van der Waals surface area contributed by atoms with E-state index in [1.165, 1.54) is 17.5 Å². The zero-order valence-corrected chi connectivity index (χ0v) is 12.9. The number of ether oxygens (including phenoxy) is 1. The predicted molar refractivity (Wildman–Crippen MR) is 84.0 cm³/mol. The van der Waals surface area contributed by atoms with Crippen LogP contribution in [0.5, 0.6) is 0 Å².